The molecule has 0 heterocycles. The van der Waals surface area contributed by atoms with Crippen molar-refractivity contribution in [2.24, 2.45) is 0 Å². The molecule has 1 aromatic carbocycles. The molecule has 0 N–H and O–H groups in total. The van der Waals surface area contributed by atoms with Crippen LogP contribution < -0.4 is 5.11 Å². The van der Waals surface area contributed by atoms with Gasteiger partial charge in [-0.15, -0.1) is 0 Å². The predicted molar refractivity (Wildman–Crippen MR) is 30.8 cm³/mol. The number of aromatic carboxylic acids is 1. The zero-order valence-electron chi connectivity index (χ0n) is 5.04. The van der Waals surface area contributed by atoms with Crippen LogP contribution in [0.5, 0.6) is 0 Å². The van der Waals surface area contributed by atoms with E-state index in [4.69, 9.17) is 0 Å². The van der Waals surface area contributed by atoms with Gasteiger partial charge in [0, 0.05) is 16.8 Å². The summed E-state index contributed by atoms with van der Waals surface area (Å²) in [6, 6.07) is 8.06. The molecule has 1 aromatic rings. The van der Waals surface area contributed by atoms with Crippen LogP contribution in [0.25, 0.3) is 0 Å². The van der Waals surface area contributed by atoms with E-state index in [1.54, 1.807) is 18.2 Å². The molecule has 3 heteroatoms. The molecule has 0 amide bonds. The maximum absolute atomic E-state index is 10.1. The van der Waals surface area contributed by atoms with Gasteiger partial charge in [0.2, 0.25) is 0 Å². The van der Waals surface area contributed by atoms with Crippen LogP contribution in [0.4, 0.5) is 0 Å². The van der Waals surface area contributed by atoms with Gasteiger partial charge in [-0.1, -0.05) is 30.3 Å². The van der Waals surface area contributed by atoms with Crippen molar-refractivity contribution in [1.29, 1.82) is 0 Å². The number of rotatable bonds is 1. The van der Waals surface area contributed by atoms with E-state index in [-0.39, 0.29) is 22.3 Å². The predicted octanol–water partition coefficient (Wildman–Crippen LogP) is 0.0476. The average molecular weight is 180 g/mol. The van der Waals surface area contributed by atoms with Crippen molar-refractivity contribution in [2.75, 3.05) is 0 Å². The Balaban J connectivity index is 0.000000810. The van der Waals surface area contributed by atoms with Gasteiger partial charge in [0.15, 0.2) is 0 Å². The summed E-state index contributed by atoms with van der Waals surface area (Å²) in [5.74, 6) is -1.13. The summed E-state index contributed by atoms with van der Waals surface area (Å²) in [4.78, 5) is 10.1. The molecule has 0 aliphatic rings. The van der Waals surface area contributed by atoms with E-state index in [0.29, 0.717) is 0 Å². The van der Waals surface area contributed by atoms with Gasteiger partial charge in [-0.2, -0.15) is 0 Å². The van der Waals surface area contributed by atoms with Gasteiger partial charge in [-0.25, -0.2) is 0 Å². The van der Waals surface area contributed by atoms with Crippen molar-refractivity contribution < 1.29 is 26.7 Å². The van der Waals surface area contributed by atoms with Gasteiger partial charge < -0.3 is 9.90 Å². The zero-order chi connectivity index (χ0) is 6.69. The van der Waals surface area contributed by atoms with Crippen molar-refractivity contribution in [1.82, 2.24) is 0 Å². The average Bonchev–Trinajstić information content (AvgIpc) is 1.90. The van der Waals surface area contributed by atoms with Crippen LogP contribution in [-0.4, -0.2) is 5.97 Å². The Hall–Kier alpha value is -0.804. The minimum Gasteiger partial charge on any atom is -0.545 e. The molecule has 10 heavy (non-hydrogen) atoms. The Kier molecular flexibility index (Phi) is 3.75. The maximum Gasteiger partial charge on any atom is 0.0715 e. The summed E-state index contributed by atoms with van der Waals surface area (Å²) >= 11 is 0. The standard InChI is InChI=1S/C7H6O2.Co/c8-7(9)6-4-2-1-3-5-6;/h1-5H,(H,8,9);/p-1. The van der Waals surface area contributed by atoms with E-state index in [1.807, 2.05) is 0 Å². The van der Waals surface area contributed by atoms with Crippen LogP contribution >= 0.6 is 0 Å². The van der Waals surface area contributed by atoms with E-state index in [1.165, 1.54) is 12.1 Å². The number of carboxylic acids is 1. The van der Waals surface area contributed by atoms with Crippen molar-refractivity contribution in [3.63, 3.8) is 0 Å². The van der Waals surface area contributed by atoms with Gasteiger partial charge in [0.25, 0.3) is 0 Å². The molecule has 0 aliphatic heterocycles. The topological polar surface area (TPSA) is 40.1 Å². The van der Waals surface area contributed by atoms with E-state index >= 15 is 0 Å². The molecule has 55 valence electrons. The van der Waals surface area contributed by atoms with Crippen molar-refractivity contribution >= 4 is 5.97 Å². The Morgan fingerprint density at radius 3 is 2.00 bits per heavy atom. The normalized spacial score (nSPS) is 8.00. The van der Waals surface area contributed by atoms with Crippen LogP contribution in [0.1, 0.15) is 10.4 Å². The molecule has 0 bridgehead atoms. The minimum atomic E-state index is -1.13. The summed E-state index contributed by atoms with van der Waals surface area (Å²) in [5, 5.41) is 10.1. The molecule has 2 nitrogen and oxygen atoms in total. The third kappa shape index (κ3) is 2.20. The largest absolute Gasteiger partial charge is 0.545 e. The van der Waals surface area contributed by atoms with Crippen LogP contribution in [-0.2, 0) is 16.8 Å². The van der Waals surface area contributed by atoms with E-state index in [9.17, 15) is 9.90 Å². The Labute approximate surface area is 69.1 Å². The van der Waals surface area contributed by atoms with Crippen LogP contribution in [0.3, 0.4) is 0 Å². The third-order valence-electron chi connectivity index (χ3n) is 1.01. The summed E-state index contributed by atoms with van der Waals surface area (Å²) in [6.07, 6.45) is 0. The zero-order valence-corrected chi connectivity index (χ0v) is 6.08. The fourth-order valence-electron chi connectivity index (χ4n) is 0.574. The number of hydrogen-bond acceptors (Lipinski definition) is 2. The molecule has 0 fully saturated rings. The molecule has 1 radical (unpaired) electrons. The van der Waals surface area contributed by atoms with Crippen molar-refractivity contribution in [2.45, 2.75) is 0 Å². The quantitative estimate of drug-likeness (QED) is 0.612. The van der Waals surface area contributed by atoms with Crippen molar-refractivity contribution in [3.05, 3.63) is 35.9 Å². The number of carboxylic acid groups (broad SMARTS) is 1. The number of hydrogen-bond donors (Lipinski definition) is 0. The molecule has 0 spiro atoms. The van der Waals surface area contributed by atoms with Crippen LogP contribution in [0, 0.1) is 0 Å². The van der Waals surface area contributed by atoms with Crippen LogP contribution in [0.2, 0.25) is 0 Å². The number of carbonyl (C=O) groups excluding carboxylic acids is 1. The monoisotopic (exact) mass is 180 g/mol. The fraction of sp³-hybridized carbons (Fsp3) is 0. The molecule has 0 unspecified atom stereocenters. The Morgan fingerprint density at radius 2 is 1.70 bits per heavy atom. The van der Waals surface area contributed by atoms with E-state index in [0.717, 1.165) is 0 Å². The molecular formula is C7H5CoO2-. The number of benzene rings is 1. The summed E-state index contributed by atoms with van der Waals surface area (Å²) in [7, 11) is 0. The van der Waals surface area contributed by atoms with Gasteiger partial charge in [0.05, 0.1) is 5.97 Å². The maximum atomic E-state index is 10.1. The van der Waals surface area contributed by atoms with E-state index < -0.39 is 5.97 Å². The van der Waals surface area contributed by atoms with Gasteiger partial charge >= 0.3 is 0 Å². The summed E-state index contributed by atoms with van der Waals surface area (Å²) in [6.45, 7) is 0. The molecule has 0 saturated carbocycles. The molecular weight excluding hydrogens is 175 g/mol. The van der Waals surface area contributed by atoms with Gasteiger partial charge in [0.1, 0.15) is 0 Å². The first-order chi connectivity index (χ1) is 4.30. The minimum absolute atomic E-state index is 0. The molecule has 0 atom stereocenters. The second-order valence-corrected chi connectivity index (χ2v) is 1.65. The first kappa shape index (κ1) is 9.20. The van der Waals surface area contributed by atoms with Gasteiger partial charge in [-0.05, 0) is 5.56 Å². The first-order valence-electron chi connectivity index (χ1n) is 2.57. The second-order valence-electron chi connectivity index (χ2n) is 1.65. The fourth-order valence-corrected chi connectivity index (χ4v) is 0.574. The third-order valence-corrected chi connectivity index (χ3v) is 1.01. The van der Waals surface area contributed by atoms with Crippen molar-refractivity contribution in [3.8, 4) is 0 Å². The Bertz CT molecular complexity index is 208. The second kappa shape index (κ2) is 4.08. The van der Waals surface area contributed by atoms with E-state index in [2.05, 4.69) is 0 Å². The molecule has 0 aliphatic carbocycles. The summed E-state index contributed by atoms with van der Waals surface area (Å²) in [5.41, 5.74) is 0.220. The molecule has 0 aromatic heterocycles. The SMILES string of the molecule is O=C([O-])c1ccccc1.[Co]. The number of carbonyl (C=O) groups is 1. The molecule has 0 saturated heterocycles. The first-order valence-corrected chi connectivity index (χ1v) is 2.57. The van der Waals surface area contributed by atoms with Crippen LogP contribution in [0.15, 0.2) is 30.3 Å². The summed E-state index contributed by atoms with van der Waals surface area (Å²) < 4.78 is 0. The Morgan fingerprint density at radius 1 is 1.20 bits per heavy atom. The van der Waals surface area contributed by atoms with Gasteiger partial charge in [-0.3, -0.25) is 0 Å². The molecule has 1 rings (SSSR count). The smallest absolute Gasteiger partial charge is 0.0715 e.